The number of benzene rings is 1. The normalized spacial score (nSPS) is 21.1. The number of carboxylic acid groups (broad SMARTS) is 1. The van der Waals surface area contributed by atoms with Gasteiger partial charge in [-0.25, -0.2) is 9.59 Å². The van der Waals surface area contributed by atoms with Crippen molar-refractivity contribution in [1.29, 1.82) is 0 Å². The number of hydrogen-bond donors (Lipinski definition) is 3. The Labute approximate surface area is 129 Å². The van der Waals surface area contributed by atoms with Gasteiger partial charge in [-0.15, -0.1) is 0 Å². The van der Waals surface area contributed by atoms with Crippen LogP contribution in [0.3, 0.4) is 0 Å². The van der Waals surface area contributed by atoms with Gasteiger partial charge in [-0.3, -0.25) is 9.36 Å². The van der Waals surface area contributed by atoms with Gasteiger partial charge in [-0.05, 0) is 24.3 Å². The van der Waals surface area contributed by atoms with E-state index in [1.54, 1.807) is 24.3 Å². The fourth-order valence-corrected chi connectivity index (χ4v) is 3.93. The third-order valence-corrected chi connectivity index (χ3v) is 4.98. The second kappa shape index (κ2) is 5.53. The first-order valence-corrected chi connectivity index (χ1v) is 7.97. The van der Waals surface area contributed by atoms with Crippen LogP contribution in [0.4, 0.5) is 0 Å². The lowest BCUT2D eigenvalue weighted by Gasteiger charge is -2.24. The molecule has 0 saturated carbocycles. The van der Waals surface area contributed by atoms with E-state index in [0.29, 0.717) is 29.0 Å². The highest BCUT2D eigenvalue weighted by molar-refractivity contribution is 7.99. The molecule has 1 amide bonds. The first-order valence-electron chi connectivity index (χ1n) is 6.81. The van der Waals surface area contributed by atoms with Gasteiger partial charge in [-0.1, -0.05) is 12.1 Å². The van der Waals surface area contributed by atoms with Gasteiger partial charge in [-0.2, -0.15) is 11.8 Å². The molecule has 1 aromatic carbocycles. The first-order chi connectivity index (χ1) is 10.5. The molecule has 1 aliphatic rings. The molecule has 3 N–H and O–H groups in total. The maximum absolute atomic E-state index is 12.2. The summed E-state index contributed by atoms with van der Waals surface area (Å²) in [6.45, 7) is -0.206. The molecular weight excluding hydrogens is 306 g/mol. The van der Waals surface area contributed by atoms with Crippen molar-refractivity contribution >= 4 is 34.7 Å². The average Bonchev–Trinajstić information content (AvgIpc) is 3.06. The van der Waals surface area contributed by atoms with Crippen molar-refractivity contribution in [3.8, 4) is 0 Å². The van der Waals surface area contributed by atoms with Gasteiger partial charge in [0.05, 0.1) is 11.0 Å². The molecule has 22 heavy (non-hydrogen) atoms. The number of thioether (sulfide) groups is 1. The average molecular weight is 321 g/mol. The minimum Gasteiger partial charge on any atom is -0.479 e. The van der Waals surface area contributed by atoms with Crippen LogP contribution in [0.1, 0.15) is 6.42 Å². The summed E-state index contributed by atoms with van der Waals surface area (Å²) in [5.74, 6) is -0.468. The van der Waals surface area contributed by atoms with E-state index in [1.807, 2.05) is 0 Å². The van der Waals surface area contributed by atoms with Crippen LogP contribution < -0.4 is 11.0 Å². The number of carbonyl (C=O) groups excluding carboxylic acids is 1. The fourth-order valence-electron chi connectivity index (χ4n) is 2.60. The Bertz CT molecular complexity index is 789. The van der Waals surface area contributed by atoms with Crippen molar-refractivity contribution in [3.63, 3.8) is 0 Å². The van der Waals surface area contributed by atoms with Crippen LogP contribution in [-0.4, -0.2) is 43.6 Å². The number of H-pyrrole nitrogens is 1. The lowest BCUT2D eigenvalue weighted by molar-refractivity contribution is -0.146. The molecule has 2 aromatic rings. The molecule has 1 fully saturated rings. The molecule has 2 heterocycles. The Balaban J connectivity index is 1.83. The number of nitrogens with zero attached hydrogens (tertiary/aromatic N) is 1. The van der Waals surface area contributed by atoms with Gasteiger partial charge in [0.1, 0.15) is 12.1 Å². The zero-order valence-corrected chi connectivity index (χ0v) is 12.5. The van der Waals surface area contributed by atoms with E-state index in [1.165, 1.54) is 16.3 Å². The molecular formula is C14H15N3O4S. The predicted molar refractivity (Wildman–Crippen MR) is 83.0 cm³/mol. The van der Waals surface area contributed by atoms with E-state index < -0.39 is 17.4 Å². The zero-order valence-electron chi connectivity index (χ0n) is 11.7. The number of para-hydroxylation sites is 2. The Morgan fingerprint density at radius 2 is 2.18 bits per heavy atom. The number of carbonyl (C=O) groups is 2. The number of carboxylic acids is 1. The number of fused-ring (bicyclic) bond motifs is 1. The first kappa shape index (κ1) is 14.7. The highest BCUT2D eigenvalue weighted by atomic mass is 32.2. The van der Waals surface area contributed by atoms with E-state index in [4.69, 9.17) is 0 Å². The van der Waals surface area contributed by atoms with Crippen molar-refractivity contribution in [3.05, 3.63) is 34.7 Å². The standard InChI is InChI=1S/C14H15N3O4S/c18-11(16-14(12(19)20)5-6-22-8-14)7-17-10-4-2-1-3-9(10)15-13(17)21/h1-4H,5-8H2,(H,15,21)(H,16,18)(H,19,20). The molecule has 1 aromatic heterocycles. The molecule has 1 aliphatic heterocycles. The molecule has 0 bridgehead atoms. The van der Waals surface area contributed by atoms with Crippen LogP contribution in [0.2, 0.25) is 0 Å². The SMILES string of the molecule is O=C(Cn1c(=O)[nH]c2ccccc21)NC1(C(=O)O)CCSC1. The minimum absolute atomic E-state index is 0.206. The monoisotopic (exact) mass is 321 g/mol. The van der Waals surface area contributed by atoms with Crippen LogP contribution in [-0.2, 0) is 16.1 Å². The number of nitrogens with one attached hydrogen (secondary N) is 2. The summed E-state index contributed by atoms with van der Waals surface area (Å²) in [6, 6.07) is 7.05. The van der Waals surface area contributed by atoms with Crippen molar-refractivity contribution in [1.82, 2.24) is 14.9 Å². The maximum Gasteiger partial charge on any atom is 0.330 e. The van der Waals surface area contributed by atoms with Gasteiger partial charge >= 0.3 is 11.7 Å². The minimum atomic E-state index is -1.22. The summed E-state index contributed by atoms with van der Waals surface area (Å²) in [5, 5.41) is 12.0. The van der Waals surface area contributed by atoms with Gasteiger partial charge in [0, 0.05) is 5.75 Å². The number of aromatic nitrogens is 2. The topological polar surface area (TPSA) is 104 Å². The van der Waals surface area contributed by atoms with Gasteiger partial charge < -0.3 is 15.4 Å². The highest BCUT2D eigenvalue weighted by Crippen LogP contribution is 2.28. The van der Waals surface area contributed by atoms with Crippen molar-refractivity contribution in [2.75, 3.05) is 11.5 Å². The quantitative estimate of drug-likeness (QED) is 0.756. The fraction of sp³-hybridized carbons (Fsp3) is 0.357. The van der Waals surface area contributed by atoms with Crippen LogP contribution in [0.25, 0.3) is 11.0 Å². The Morgan fingerprint density at radius 1 is 1.41 bits per heavy atom. The summed E-state index contributed by atoms with van der Waals surface area (Å²) in [4.78, 5) is 38.2. The molecule has 1 atom stereocenters. The second-order valence-electron chi connectivity index (χ2n) is 5.27. The van der Waals surface area contributed by atoms with E-state index in [2.05, 4.69) is 10.3 Å². The van der Waals surface area contributed by atoms with E-state index >= 15 is 0 Å². The maximum atomic E-state index is 12.2. The van der Waals surface area contributed by atoms with Crippen LogP contribution in [0.15, 0.2) is 29.1 Å². The summed E-state index contributed by atoms with van der Waals surface area (Å²) in [7, 11) is 0. The molecule has 8 heteroatoms. The van der Waals surface area contributed by atoms with Crippen molar-refractivity contribution in [2.24, 2.45) is 0 Å². The van der Waals surface area contributed by atoms with Crippen LogP contribution >= 0.6 is 11.8 Å². The number of imidazole rings is 1. The van der Waals surface area contributed by atoms with Crippen molar-refractivity contribution < 1.29 is 14.7 Å². The molecule has 1 saturated heterocycles. The van der Waals surface area contributed by atoms with Crippen LogP contribution in [0.5, 0.6) is 0 Å². The Hall–Kier alpha value is -2.22. The summed E-state index contributed by atoms with van der Waals surface area (Å²) in [6.07, 6.45) is 0.390. The smallest absolute Gasteiger partial charge is 0.330 e. The summed E-state index contributed by atoms with van der Waals surface area (Å²) < 4.78 is 1.31. The lowest BCUT2D eigenvalue weighted by Crippen LogP contribution is -2.55. The number of aliphatic carboxylic acids is 1. The number of rotatable bonds is 4. The number of amides is 1. The third kappa shape index (κ3) is 2.50. The molecule has 0 spiro atoms. The largest absolute Gasteiger partial charge is 0.479 e. The molecule has 1 unspecified atom stereocenters. The third-order valence-electron chi connectivity index (χ3n) is 3.79. The van der Waals surface area contributed by atoms with E-state index in [0.717, 1.165) is 0 Å². The number of aromatic amines is 1. The Kier molecular flexibility index (Phi) is 3.69. The van der Waals surface area contributed by atoms with Gasteiger partial charge in [0.2, 0.25) is 5.91 Å². The zero-order chi connectivity index (χ0) is 15.7. The second-order valence-corrected chi connectivity index (χ2v) is 6.38. The van der Waals surface area contributed by atoms with E-state index in [9.17, 15) is 19.5 Å². The summed E-state index contributed by atoms with van der Waals surface area (Å²) in [5.41, 5.74) is -0.351. The predicted octanol–water partition coefficient (Wildman–Crippen LogP) is 0.406. The van der Waals surface area contributed by atoms with Crippen molar-refractivity contribution in [2.45, 2.75) is 18.5 Å². The molecule has 3 rings (SSSR count). The highest BCUT2D eigenvalue weighted by Gasteiger charge is 2.43. The Morgan fingerprint density at radius 3 is 2.86 bits per heavy atom. The van der Waals surface area contributed by atoms with Crippen LogP contribution in [0, 0.1) is 0 Å². The molecule has 7 nitrogen and oxygen atoms in total. The number of hydrogen-bond acceptors (Lipinski definition) is 4. The summed E-state index contributed by atoms with van der Waals surface area (Å²) >= 11 is 1.49. The molecule has 0 aliphatic carbocycles. The molecule has 0 radical (unpaired) electrons. The van der Waals surface area contributed by atoms with Gasteiger partial charge in [0.25, 0.3) is 0 Å². The lowest BCUT2D eigenvalue weighted by atomic mass is 9.99. The van der Waals surface area contributed by atoms with Gasteiger partial charge in [0.15, 0.2) is 0 Å². The van der Waals surface area contributed by atoms with E-state index in [-0.39, 0.29) is 12.2 Å². The molecule has 116 valence electrons.